The third kappa shape index (κ3) is 6.95. The van der Waals surface area contributed by atoms with Crippen LogP contribution in [0, 0.1) is 16.0 Å². The van der Waals surface area contributed by atoms with E-state index in [9.17, 15) is 14.9 Å². The Hall–Kier alpha value is -1.37. The second-order valence-corrected chi connectivity index (χ2v) is 5.97. The zero-order valence-electron chi connectivity index (χ0n) is 11.6. The second-order valence-electron chi connectivity index (χ2n) is 5.97. The summed E-state index contributed by atoms with van der Waals surface area (Å²) in [4.78, 5) is 26.2. The first kappa shape index (κ1) is 15.7. The van der Waals surface area contributed by atoms with Gasteiger partial charge in [-0.2, -0.15) is 0 Å². The number of carbonyl (C=O) groups excluding carboxylic acids is 1. The summed E-state index contributed by atoms with van der Waals surface area (Å²) in [7, 11) is 0. The Bertz CT molecular complexity index is 319. The van der Waals surface area contributed by atoms with Gasteiger partial charge < -0.3 is 15.9 Å². The van der Waals surface area contributed by atoms with E-state index in [1.165, 1.54) is 0 Å². The zero-order valence-corrected chi connectivity index (χ0v) is 11.6. The first-order valence-corrected chi connectivity index (χ1v) is 6.62. The molecule has 7 nitrogen and oxygen atoms in total. The van der Waals surface area contributed by atoms with Crippen LogP contribution in [0.4, 0.5) is 0 Å². The van der Waals surface area contributed by atoms with Gasteiger partial charge >= 0.3 is 0 Å². The van der Waals surface area contributed by atoms with Gasteiger partial charge in [0, 0.05) is 18.0 Å². The lowest BCUT2D eigenvalue weighted by atomic mass is 9.86. The summed E-state index contributed by atoms with van der Waals surface area (Å²) in [5.41, 5.74) is 5.29. The van der Waals surface area contributed by atoms with E-state index in [2.05, 4.69) is 10.2 Å². The summed E-state index contributed by atoms with van der Waals surface area (Å²) in [6.45, 7) is 3.79. The van der Waals surface area contributed by atoms with Crippen molar-refractivity contribution >= 4 is 5.91 Å². The van der Waals surface area contributed by atoms with Crippen LogP contribution in [0.15, 0.2) is 0 Å². The van der Waals surface area contributed by atoms with E-state index in [1.807, 2.05) is 13.8 Å². The molecule has 1 aliphatic carbocycles. The minimum atomic E-state index is -0.753. The number of nitrogens with two attached hydrogens (primary N) is 1. The molecule has 7 heteroatoms. The quantitative estimate of drug-likeness (QED) is 0.554. The Morgan fingerprint density at radius 3 is 2.47 bits per heavy atom. The van der Waals surface area contributed by atoms with Crippen molar-refractivity contribution in [2.45, 2.75) is 57.5 Å². The highest BCUT2D eigenvalue weighted by molar-refractivity contribution is 5.77. The van der Waals surface area contributed by atoms with Gasteiger partial charge in [-0.1, -0.05) is 0 Å². The van der Waals surface area contributed by atoms with Crippen LogP contribution in [-0.2, 0) is 9.63 Å². The summed E-state index contributed by atoms with van der Waals surface area (Å²) < 4.78 is 0. The minimum Gasteiger partial charge on any atom is -0.353 e. The fourth-order valence-electron chi connectivity index (χ4n) is 2.33. The van der Waals surface area contributed by atoms with Crippen LogP contribution >= 0.6 is 0 Å². The van der Waals surface area contributed by atoms with Gasteiger partial charge in [0.1, 0.15) is 0 Å². The normalized spacial score (nSPS) is 23.7. The molecular formula is C12H23N3O4. The van der Waals surface area contributed by atoms with Crippen LogP contribution in [0.2, 0.25) is 0 Å². The SMILES string of the molecule is CC(C)(N)CC(=O)NC1CCC(CO[N+](=O)[O-])CC1. The number of carbonyl (C=O) groups is 1. The smallest absolute Gasteiger partial charge is 0.294 e. The fourth-order valence-corrected chi connectivity index (χ4v) is 2.33. The van der Waals surface area contributed by atoms with Crippen molar-refractivity contribution in [2.75, 3.05) is 6.61 Å². The number of nitrogens with zero attached hydrogens (tertiary/aromatic N) is 1. The number of hydrogen-bond acceptors (Lipinski definition) is 5. The van der Waals surface area contributed by atoms with E-state index < -0.39 is 10.6 Å². The Balaban J connectivity index is 2.23. The molecule has 1 fully saturated rings. The molecule has 0 spiro atoms. The average molecular weight is 273 g/mol. The lowest BCUT2D eigenvalue weighted by Gasteiger charge is -2.29. The van der Waals surface area contributed by atoms with Crippen LogP contribution in [0.1, 0.15) is 46.0 Å². The van der Waals surface area contributed by atoms with Crippen molar-refractivity contribution in [1.29, 1.82) is 0 Å². The molecule has 1 amide bonds. The molecule has 0 aromatic carbocycles. The maximum Gasteiger partial charge on any atom is 0.294 e. The summed E-state index contributed by atoms with van der Waals surface area (Å²) in [5, 5.41) is 12.3. The maximum atomic E-state index is 11.7. The van der Waals surface area contributed by atoms with Gasteiger partial charge in [-0.25, -0.2) is 0 Å². The largest absolute Gasteiger partial charge is 0.353 e. The first-order valence-electron chi connectivity index (χ1n) is 6.62. The molecule has 0 aromatic heterocycles. The number of hydrogen-bond donors (Lipinski definition) is 2. The van der Waals surface area contributed by atoms with E-state index in [1.54, 1.807) is 0 Å². The maximum absolute atomic E-state index is 11.7. The monoisotopic (exact) mass is 273 g/mol. The molecule has 3 N–H and O–H groups in total. The van der Waals surface area contributed by atoms with Gasteiger partial charge in [0.05, 0.1) is 6.61 Å². The van der Waals surface area contributed by atoms with Crippen molar-refractivity contribution < 1.29 is 14.7 Å². The van der Waals surface area contributed by atoms with E-state index in [4.69, 9.17) is 5.73 Å². The number of rotatable bonds is 6. The Labute approximate surface area is 113 Å². The lowest BCUT2D eigenvalue weighted by Crippen LogP contribution is -2.43. The van der Waals surface area contributed by atoms with Gasteiger partial charge in [0.2, 0.25) is 5.91 Å². The van der Waals surface area contributed by atoms with Crippen molar-refractivity contribution in [3.05, 3.63) is 10.1 Å². The van der Waals surface area contributed by atoms with Crippen molar-refractivity contribution in [3.63, 3.8) is 0 Å². The third-order valence-electron chi connectivity index (χ3n) is 3.24. The third-order valence-corrected chi connectivity index (χ3v) is 3.24. The van der Waals surface area contributed by atoms with Crippen LogP contribution in [0.25, 0.3) is 0 Å². The summed E-state index contributed by atoms with van der Waals surface area (Å²) in [6, 6.07) is 0.154. The molecular weight excluding hydrogens is 250 g/mol. The topological polar surface area (TPSA) is 107 Å². The predicted octanol–water partition coefficient (Wildman–Crippen LogP) is 0.997. The number of nitrogens with one attached hydrogen (secondary N) is 1. The molecule has 0 unspecified atom stereocenters. The molecule has 110 valence electrons. The average Bonchev–Trinajstić information content (AvgIpc) is 2.25. The highest BCUT2D eigenvalue weighted by atomic mass is 16.9. The van der Waals surface area contributed by atoms with E-state index in [0.29, 0.717) is 6.42 Å². The van der Waals surface area contributed by atoms with Gasteiger partial charge in [-0.15, -0.1) is 10.1 Å². The lowest BCUT2D eigenvalue weighted by molar-refractivity contribution is -0.759. The molecule has 0 heterocycles. The highest BCUT2D eigenvalue weighted by Crippen LogP contribution is 2.24. The first-order chi connectivity index (χ1) is 8.76. The molecule has 0 saturated heterocycles. The molecule has 0 radical (unpaired) electrons. The van der Waals surface area contributed by atoms with E-state index in [-0.39, 0.29) is 24.5 Å². The van der Waals surface area contributed by atoms with Crippen LogP contribution in [0.5, 0.6) is 0 Å². The van der Waals surface area contributed by atoms with Gasteiger partial charge in [-0.05, 0) is 45.4 Å². The van der Waals surface area contributed by atoms with Gasteiger partial charge in [-0.3, -0.25) is 4.79 Å². The molecule has 19 heavy (non-hydrogen) atoms. The minimum absolute atomic E-state index is 0.0301. The number of amides is 1. The van der Waals surface area contributed by atoms with E-state index in [0.717, 1.165) is 25.7 Å². The summed E-state index contributed by atoms with van der Waals surface area (Å²) in [5.74, 6) is 0.182. The van der Waals surface area contributed by atoms with Crippen LogP contribution < -0.4 is 11.1 Å². The standard InChI is InChI=1S/C12H23N3O4/c1-12(2,13)7-11(16)14-10-5-3-9(4-6-10)8-19-15(17)18/h9-10H,3-8,13H2,1-2H3,(H,14,16). The molecule has 0 atom stereocenters. The molecule has 0 aromatic rings. The summed E-state index contributed by atoms with van der Waals surface area (Å²) >= 11 is 0. The van der Waals surface area contributed by atoms with Crippen molar-refractivity contribution in [2.24, 2.45) is 11.7 Å². The predicted molar refractivity (Wildman–Crippen MR) is 69.7 cm³/mol. The van der Waals surface area contributed by atoms with Crippen molar-refractivity contribution in [3.8, 4) is 0 Å². The van der Waals surface area contributed by atoms with Gasteiger partial charge in [0.15, 0.2) is 0 Å². The van der Waals surface area contributed by atoms with Crippen molar-refractivity contribution in [1.82, 2.24) is 5.32 Å². The van der Waals surface area contributed by atoms with Crippen LogP contribution in [0.3, 0.4) is 0 Å². The molecule has 1 aliphatic rings. The van der Waals surface area contributed by atoms with Crippen LogP contribution in [-0.4, -0.2) is 29.2 Å². The summed E-state index contributed by atoms with van der Waals surface area (Å²) in [6.07, 6.45) is 3.65. The van der Waals surface area contributed by atoms with Gasteiger partial charge in [0.25, 0.3) is 5.09 Å². The Morgan fingerprint density at radius 2 is 2.00 bits per heavy atom. The molecule has 1 rings (SSSR count). The fraction of sp³-hybridized carbons (Fsp3) is 0.917. The molecule has 0 aliphatic heterocycles. The Kier molecular flexibility index (Phi) is 5.53. The molecule has 0 bridgehead atoms. The molecule has 1 saturated carbocycles. The second kappa shape index (κ2) is 6.70. The zero-order chi connectivity index (χ0) is 14.5. The van der Waals surface area contributed by atoms with E-state index >= 15 is 0 Å². The highest BCUT2D eigenvalue weighted by Gasteiger charge is 2.24. The Morgan fingerprint density at radius 1 is 1.42 bits per heavy atom.